The Kier molecular flexibility index (Phi) is 27.2. The Morgan fingerprint density at radius 2 is 0.455 bits per heavy atom. The number of alkyl halides is 1. The molecule has 10 saturated carbocycles. The van der Waals surface area contributed by atoms with Gasteiger partial charge < -0.3 is 5.48 Å². The van der Waals surface area contributed by atoms with Crippen LogP contribution in [0.3, 0.4) is 0 Å². The van der Waals surface area contributed by atoms with Gasteiger partial charge in [-0.3, -0.25) is 15.8 Å². The normalized spacial score (nSPS) is 44.6. The molecule has 0 saturated heterocycles. The lowest BCUT2D eigenvalue weighted by Crippen LogP contribution is -2.41. The molecule has 0 bridgehead atoms. The summed E-state index contributed by atoms with van der Waals surface area (Å²) in [5, 5.41) is 28.8. The lowest BCUT2D eigenvalue weighted by atomic mass is 9.65. The Labute approximate surface area is 486 Å². The van der Waals surface area contributed by atoms with Crippen molar-refractivity contribution in [1.82, 2.24) is 0 Å². The highest BCUT2D eigenvalue weighted by atomic mass is 19.1. The van der Waals surface area contributed by atoms with Gasteiger partial charge in [-0.2, -0.15) is 0 Å². The van der Waals surface area contributed by atoms with Crippen LogP contribution in [0.1, 0.15) is 305 Å². The summed E-state index contributed by atoms with van der Waals surface area (Å²) in [6.45, 7) is 14.2. The highest BCUT2D eigenvalue weighted by Crippen LogP contribution is 2.50. The molecule has 0 amide bonds. The predicted octanol–water partition coefficient (Wildman–Crippen LogP) is 22.1. The predicted molar refractivity (Wildman–Crippen MR) is 334 cm³/mol. The van der Waals surface area contributed by atoms with Crippen molar-refractivity contribution < 1.29 is 53.1 Å². The van der Waals surface area contributed by atoms with Crippen LogP contribution >= 0.6 is 0 Å². The number of rotatable bonds is 13. The third-order valence-corrected chi connectivity index (χ3v) is 25.4. The van der Waals surface area contributed by atoms with E-state index in [1.54, 1.807) is 0 Å². The molecule has 5 unspecified atom stereocenters. The third-order valence-electron chi connectivity index (χ3n) is 25.4. The molecule has 5 N–H and O–H groups in total. The zero-order valence-corrected chi connectivity index (χ0v) is 50.9. The van der Waals surface area contributed by atoms with E-state index < -0.39 is 6.17 Å². The number of hydrogen-bond donors (Lipinski definition) is 3. The molecule has 0 aromatic carbocycles. The zero-order chi connectivity index (χ0) is 53.6. The SMILES string of the molecule is CC1CCC(C2CCC(C(OO)C3CCC(C)CC3)CC2)CC1.CC1CCC(C2CCC(C(OO)C3CCC(C)CC3F)CC2)CC1.CC1CCC(C2CCC(C(OO)C3CCC(C4CCC(C)CC4)CC3)CC2)CC1.O.[HH].[HH].[HH].[HH].[HH].[HH].[HH].[HH].[HH]. The molecule has 77 heavy (non-hydrogen) atoms. The van der Waals surface area contributed by atoms with Crippen molar-refractivity contribution in [2.45, 2.75) is 316 Å². The van der Waals surface area contributed by atoms with Gasteiger partial charge in [-0.1, -0.05) is 112 Å². The monoisotopic (exact) mass is 1100 g/mol. The molecule has 10 fully saturated rings. The van der Waals surface area contributed by atoms with Gasteiger partial charge in [0.2, 0.25) is 0 Å². The summed E-state index contributed by atoms with van der Waals surface area (Å²) in [5.74, 6) is 15.5. The quantitative estimate of drug-likeness (QED) is 0.125. The van der Waals surface area contributed by atoms with E-state index in [0.29, 0.717) is 41.9 Å². The largest absolute Gasteiger partial charge is 0.412 e. The summed E-state index contributed by atoms with van der Waals surface area (Å²) in [7, 11) is 0. The highest BCUT2D eigenvalue weighted by Gasteiger charge is 2.43. The van der Waals surface area contributed by atoms with Gasteiger partial charge in [0.15, 0.2) is 0 Å². The van der Waals surface area contributed by atoms with Crippen LogP contribution in [0.15, 0.2) is 0 Å². The van der Waals surface area contributed by atoms with E-state index in [0.717, 1.165) is 103 Å². The van der Waals surface area contributed by atoms with Crippen LogP contribution in [0.5, 0.6) is 0 Å². The standard InChI is InChI=1S/C27H48O2.C21H37FO2.C21H38O2.H2O.9H2/c1-19-3-7-21(8-4-19)23-11-15-25(16-12-23)27(29-28)26-17-13-24(14-18-26)22-9-5-20(2)6-10-22;1-14-3-6-16(7-4-14)17-8-10-18(11-9-17)21(24-23)19-12-5-15(2)13-20(19)22;1-15-3-7-17(8-4-15)18-11-13-20(14-12-18)21(23-22)19-9-5-16(2)6-10-19;;;;;;;;;;/h19-28H,3-18H2,1-2H3;14-21,23H,3-13H2,1-2H3;15-22H,3-14H2,1-2H3;1H2;9*1H. The zero-order valence-electron chi connectivity index (χ0n) is 50.9. The summed E-state index contributed by atoms with van der Waals surface area (Å²) in [6.07, 6.45) is 50.8. The summed E-state index contributed by atoms with van der Waals surface area (Å²) < 4.78 is 14.5. The second kappa shape index (κ2) is 32.6. The molecule has 0 spiro atoms. The molecular weight excluding hydrogens is 960 g/mol. The number of hydrogen-bond acceptors (Lipinski definition) is 6. The minimum atomic E-state index is -0.802. The molecule has 468 valence electrons. The van der Waals surface area contributed by atoms with E-state index in [4.69, 9.17) is 14.7 Å². The Bertz CT molecular complexity index is 1530. The summed E-state index contributed by atoms with van der Waals surface area (Å²) in [4.78, 5) is 15.2. The van der Waals surface area contributed by atoms with E-state index in [-0.39, 0.29) is 42.5 Å². The van der Waals surface area contributed by atoms with Crippen molar-refractivity contribution in [1.29, 1.82) is 0 Å². The number of halogens is 1. The van der Waals surface area contributed by atoms with E-state index in [1.807, 2.05) is 0 Å². The molecule has 0 heterocycles. The minimum absolute atomic E-state index is 0. The van der Waals surface area contributed by atoms with Gasteiger partial charge >= 0.3 is 0 Å². The molecule has 7 nitrogen and oxygen atoms in total. The Hall–Kier alpha value is -0.350. The second-order valence-electron chi connectivity index (χ2n) is 30.6. The van der Waals surface area contributed by atoms with Crippen LogP contribution < -0.4 is 0 Å². The van der Waals surface area contributed by atoms with E-state index in [9.17, 15) is 20.2 Å². The fourth-order valence-electron chi connectivity index (χ4n) is 19.8. The van der Waals surface area contributed by atoms with Gasteiger partial charge in [-0.25, -0.2) is 19.1 Å². The maximum Gasteiger partial charge on any atom is 0.106 e. The average molecular weight is 1100 g/mol. The van der Waals surface area contributed by atoms with Crippen LogP contribution in [0.4, 0.5) is 4.39 Å². The molecule has 8 heteroatoms. The van der Waals surface area contributed by atoms with Gasteiger partial charge in [0.1, 0.15) is 12.3 Å². The maximum atomic E-state index is 14.5. The molecule has 10 rings (SSSR count). The molecule has 10 aliphatic rings. The topological polar surface area (TPSA) is 120 Å². The first-order valence-corrected chi connectivity index (χ1v) is 34.4. The lowest BCUT2D eigenvalue weighted by molar-refractivity contribution is -0.311. The van der Waals surface area contributed by atoms with Crippen molar-refractivity contribution in [3.63, 3.8) is 0 Å². The molecule has 0 aromatic heterocycles. The van der Waals surface area contributed by atoms with Crippen LogP contribution in [-0.4, -0.2) is 45.7 Å². The Balaban J connectivity index is -0.00000114. The average Bonchev–Trinajstić information content (AvgIpc) is 3.21. The third kappa shape index (κ3) is 18.6. The molecule has 0 radical (unpaired) electrons. The summed E-state index contributed by atoms with van der Waals surface area (Å²) in [5.41, 5.74) is 0. The summed E-state index contributed by atoms with van der Waals surface area (Å²) in [6, 6.07) is 0. The van der Waals surface area contributed by atoms with Crippen molar-refractivity contribution in [2.24, 2.45) is 118 Å². The van der Waals surface area contributed by atoms with Crippen LogP contribution in [0.25, 0.3) is 0 Å². The van der Waals surface area contributed by atoms with Crippen molar-refractivity contribution in [2.75, 3.05) is 0 Å². The Morgan fingerprint density at radius 3 is 0.675 bits per heavy atom. The van der Waals surface area contributed by atoms with Crippen molar-refractivity contribution >= 4 is 0 Å². The van der Waals surface area contributed by atoms with Gasteiger partial charge in [0, 0.05) is 18.8 Å². The van der Waals surface area contributed by atoms with E-state index >= 15 is 0 Å². The first-order valence-electron chi connectivity index (χ1n) is 34.4. The van der Waals surface area contributed by atoms with Crippen molar-refractivity contribution in [3.05, 3.63) is 0 Å². The molecule has 0 aliphatic heterocycles. The fraction of sp³-hybridized carbons (Fsp3) is 1.00. The first kappa shape index (κ1) is 64.2. The fourth-order valence-corrected chi connectivity index (χ4v) is 19.8. The minimum Gasteiger partial charge on any atom is -0.412 e. The molecular formula is C69H143FO7. The molecule has 0 aromatic rings. The van der Waals surface area contributed by atoms with Crippen LogP contribution in [0, 0.1) is 118 Å². The van der Waals surface area contributed by atoms with Crippen LogP contribution in [0.2, 0.25) is 0 Å². The summed E-state index contributed by atoms with van der Waals surface area (Å²) >= 11 is 0. The molecule has 10 aliphatic carbocycles. The van der Waals surface area contributed by atoms with Gasteiger partial charge in [0.05, 0.1) is 12.2 Å². The smallest absolute Gasteiger partial charge is 0.106 e. The highest BCUT2D eigenvalue weighted by molar-refractivity contribution is 4.93. The lowest BCUT2D eigenvalue weighted by Gasteiger charge is -2.42. The van der Waals surface area contributed by atoms with Crippen LogP contribution in [-0.2, 0) is 14.7 Å². The maximum absolute atomic E-state index is 14.5. The van der Waals surface area contributed by atoms with Crippen molar-refractivity contribution in [3.8, 4) is 0 Å². The van der Waals surface area contributed by atoms with E-state index in [2.05, 4.69) is 41.5 Å². The van der Waals surface area contributed by atoms with Gasteiger partial charge in [0.25, 0.3) is 0 Å². The second-order valence-corrected chi connectivity index (χ2v) is 30.6. The molecule has 5 atom stereocenters. The van der Waals surface area contributed by atoms with Gasteiger partial charge in [-0.15, -0.1) is 0 Å². The van der Waals surface area contributed by atoms with E-state index in [1.165, 1.54) is 218 Å². The van der Waals surface area contributed by atoms with Gasteiger partial charge in [-0.05, 0) is 292 Å². The Morgan fingerprint density at radius 1 is 0.273 bits per heavy atom. The first-order chi connectivity index (χ1) is 36.9.